The predicted molar refractivity (Wildman–Crippen MR) is 57.4 cm³/mol. The highest BCUT2D eigenvalue weighted by molar-refractivity contribution is 5.81. The molecule has 0 aromatic carbocycles. The van der Waals surface area contributed by atoms with Gasteiger partial charge >= 0.3 is 6.41 Å². The monoisotopic (exact) mass is 187 g/mol. The molecule has 1 aliphatic heterocycles. The van der Waals surface area contributed by atoms with Gasteiger partial charge in [-0.2, -0.15) is 4.58 Å². The van der Waals surface area contributed by atoms with E-state index in [9.17, 15) is 4.79 Å². The molecule has 0 aromatic heterocycles. The van der Waals surface area contributed by atoms with Crippen LogP contribution in [0.3, 0.4) is 0 Å². The van der Waals surface area contributed by atoms with Crippen molar-refractivity contribution in [1.82, 2.24) is 5.32 Å². The summed E-state index contributed by atoms with van der Waals surface area (Å²) >= 11 is 0. The van der Waals surface area contributed by atoms with Gasteiger partial charge in [0.1, 0.15) is 0 Å². The molecule has 0 radical (unpaired) electrons. The Kier molecular flexibility index (Phi) is 12.9. The van der Waals surface area contributed by atoms with Gasteiger partial charge in [-0.25, -0.2) is 4.79 Å². The minimum absolute atomic E-state index is 0.815. The number of hydrogen-bond donors (Lipinski definition) is 1. The maximum atomic E-state index is 10.2. The van der Waals surface area contributed by atoms with Crippen LogP contribution in [0.15, 0.2) is 0 Å². The Morgan fingerprint density at radius 3 is 2.15 bits per heavy atom. The van der Waals surface area contributed by atoms with E-state index in [-0.39, 0.29) is 0 Å². The first-order valence-corrected chi connectivity index (χ1v) is 5.09. The standard InChI is InChI=1S/C6H11N2O.2C2H6/c1-6-4-7-2-3-8(6)5-9;2*1-2/h5,7H,2-4H2,1H3;2*1-2H3/q+1;;. The van der Waals surface area contributed by atoms with Crippen LogP contribution in [-0.4, -0.2) is 36.3 Å². The average Bonchev–Trinajstić information content (AvgIpc) is 2.24. The fraction of sp³-hybridized carbons (Fsp3) is 0.800. The van der Waals surface area contributed by atoms with E-state index in [1.54, 1.807) is 4.58 Å². The molecule has 1 heterocycles. The van der Waals surface area contributed by atoms with Crippen molar-refractivity contribution in [3.8, 4) is 0 Å². The molecule has 0 aliphatic carbocycles. The normalized spacial score (nSPS) is 14.8. The van der Waals surface area contributed by atoms with Gasteiger partial charge in [0.15, 0.2) is 12.3 Å². The van der Waals surface area contributed by atoms with Gasteiger partial charge in [-0.3, -0.25) is 0 Å². The van der Waals surface area contributed by atoms with Gasteiger partial charge < -0.3 is 5.32 Å². The van der Waals surface area contributed by atoms with Crippen LogP contribution in [0.1, 0.15) is 34.6 Å². The molecule has 1 rings (SSSR count). The summed E-state index contributed by atoms with van der Waals surface area (Å²) in [4.78, 5) is 10.2. The van der Waals surface area contributed by atoms with Gasteiger partial charge in [0.2, 0.25) is 0 Å². The molecule has 0 aromatic rings. The maximum Gasteiger partial charge on any atom is 0.375 e. The molecule has 0 spiro atoms. The number of rotatable bonds is 1. The summed E-state index contributed by atoms with van der Waals surface area (Å²) in [5.74, 6) is 0. The fourth-order valence-electron chi connectivity index (χ4n) is 0.904. The Morgan fingerprint density at radius 1 is 1.31 bits per heavy atom. The zero-order chi connectivity index (χ0) is 10.7. The quantitative estimate of drug-likeness (QED) is 0.495. The molecular formula is C10H23N2O+. The number of nitrogens with one attached hydrogen (secondary N) is 1. The average molecular weight is 187 g/mol. The van der Waals surface area contributed by atoms with Gasteiger partial charge in [0.05, 0.1) is 13.1 Å². The lowest BCUT2D eigenvalue weighted by molar-refractivity contribution is -0.436. The Bertz CT molecular complexity index is 153. The molecule has 13 heavy (non-hydrogen) atoms. The Labute approximate surface area is 81.8 Å². The third-order valence-corrected chi connectivity index (χ3v) is 1.53. The summed E-state index contributed by atoms with van der Waals surface area (Å²) in [5.41, 5.74) is 1.11. The van der Waals surface area contributed by atoms with Crippen molar-refractivity contribution in [2.24, 2.45) is 0 Å². The predicted octanol–water partition coefficient (Wildman–Crippen LogP) is 1.27. The zero-order valence-corrected chi connectivity index (χ0v) is 9.55. The number of nitrogens with zero attached hydrogens (tertiary/aromatic N) is 1. The molecule has 0 saturated heterocycles. The Hall–Kier alpha value is -0.700. The van der Waals surface area contributed by atoms with Crippen LogP contribution in [0.4, 0.5) is 0 Å². The molecule has 3 heteroatoms. The number of carbonyl (C=O) groups is 1. The smallest absolute Gasteiger partial charge is 0.302 e. The van der Waals surface area contributed by atoms with E-state index >= 15 is 0 Å². The van der Waals surface area contributed by atoms with Crippen molar-refractivity contribution in [3.63, 3.8) is 0 Å². The van der Waals surface area contributed by atoms with Crippen LogP contribution in [0.2, 0.25) is 0 Å². The van der Waals surface area contributed by atoms with Crippen molar-refractivity contribution in [2.45, 2.75) is 34.6 Å². The van der Waals surface area contributed by atoms with Gasteiger partial charge in [-0.05, 0) is 0 Å². The number of carbonyl (C=O) groups excluding carboxylic acids is 1. The van der Waals surface area contributed by atoms with E-state index in [2.05, 4.69) is 5.32 Å². The molecule has 0 bridgehead atoms. The first-order chi connectivity index (χ1) is 6.34. The fourth-order valence-corrected chi connectivity index (χ4v) is 0.904. The van der Waals surface area contributed by atoms with Crippen LogP contribution < -0.4 is 5.32 Å². The van der Waals surface area contributed by atoms with Crippen molar-refractivity contribution in [3.05, 3.63) is 0 Å². The summed E-state index contributed by atoms with van der Waals surface area (Å²) in [6, 6.07) is 0. The summed E-state index contributed by atoms with van der Waals surface area (Å²) in [6.45, 7) is 12.5. The summed E-state index contributed by atoms with van der Waals surface area (Å²) in [5, 5.41) is 3.16. The highest BCUT2D eigenvalue weighted by Gasteiger charge is 2.12. The van der Waals surface area contributed by atoms with Crippen molar-refractivity contribution in [2.75, 3.05) is 19.6 Å². The van der Waals surface area contributed by atoms with Gasteiger partial charge in [-0.15, -0.1) is 0 Å². The molecule has 3 nitrogen and oxygen atoms in total. The number of amides is 1. The molecule has 78 valence electrons. The van der Waals surface area contributed by atoms with Crippen LogP contribution in [0.5, 0.6) is 0 Å². The minimum atomic E-state index is 0.815. The molecule has 1 N–H and O–H groups in total. The minimum Gasteiger partial charge on any atom is -0.302 e. The van der Waals surface area contributed by atoms with Crippen LogP contribution in [0.25, 0.3) is 0 Å². The molecule has 0 atom stereocenters. The van der Waals surface area contributed by atoms with Crippen molar-refractivity contribution < 1.29 is 9.37 Å². The van der Waals surface area contributed by atoms with Gasteiger partial charge in [0.25, 0.3) is 0 Å². The van der Waals surface area contributed by atoms with Crippen molar-refractivity contribution in [1.29, 1.82) is 0 Å². The van der Waals surface area contributed by atoms with E-state index in [0.717, 1.165) is 31.8 Å². The summed E-state index contributed by atoms with van der Waals surface area (Å²) in [6.07, 6.45) is 0.885. The molecule has 0 fully saturated rings. The van der Waals surface area contributed by atoms with Crippen LogP contribution in [0, 0.1) is 0 Å². The summed E-state index contributed by atoms with van der Waals surface area (Å²) < 4.78 is 1.73. The van der Waals surface area contributed by atoms with Crippen LogP contribution >= 0.6 is 0 Å². The Balaban J connectivity index is 0. The molecular weight excluding hydrogens is 164 g/mol. The lowest BCUT2D eigenvalue weighted by Crippen LogP contribution is -2.39. The zero-order valence-electron chi connectivity index (χ0n) is 9.55. The van der Waals surface area contributed by atoms with E-state index < -0.39 is 0 Å². The maximum absolute atomic E-state index is 10.2. The second kappa shape index (κ2) is 11.3. The highest BCUT2D eigenvalue weighted by Crippen LogP contribution is 1.81. The first kappa shape index (κ1) is 14.8. The van der Waals surface area contributed by atoms with E-state index in [0.29, 0.717) is 0 Å². The molecule has 0 unspecified atom stereocenters. The number of hydrogen-bond acceptors (Lipinski definition) is 2. The van der Waals surface area contributed by atoms with Gasteiger partial charge in [0, 0.05) is 6.92 Å². The first-order valence-electron chi connectivity index (χ1n) is 5.09. The third kappa shape index (κ3) is 6.46. The molecule has 1 aliphatic rings. The second-order valence-corrected chi connectivity index (χ2v) is 2.21. The van der Waals surface area contributed by atoms with E-state index in [1.165, 1.54) is 0 Å². The topological polar surface area (TPSA) is 32.1 Å². The molecule has 1 amide bonds. The SMILES string of the molecule is CC.CC.CC1=[N+](C=O)CCNC1. The molecule has 0 saturated carbocycles. The van der Waals surface area contributed by atoms with E-state index in [4.69, 9.17) is 0 Å². The second-order valence-electron chi connectivity index (χ2n) is 2.21. The highest BCUT2D eigenvalue weighted by atomic mass is 16.1. The third-order valence-electron chi connectivity index (χ3n) is 1.53. The lowest BCUT2D eigenvalue weighted by Gasteiger charge is -2.07. The summed E-state index contributed by atoms with van der Waals surface area (Å²) in [7, 11) is 0. The Morgan fingerprint density at radius 2 is 1.85 bits per heavy atom. The van der Waals surface area contributed by atoms with Crippen molar-refractivity contribution >= 4 is 12.1 Å². The van der Waals surface area contributed by atoms with Gasteiger partial charge in [-0.1, -0.05) is 27.7 Å². The largest absolute Gasteiger partial charge is 0.375 e. The lowest BCUT2D eigenvalue weighted by atomic mass is 10.3. The van der Waals surface area contributed by atoms with Crippen LogP contribution in [-0.2, 0) is 4.79 Å². The van der Waals surface area contributed by atoms with E-state index in [1.807, 2.05) is 34.6 Å².